The highest BCUT2D eigenvalue weighted by atomic mass is 35.5. The molecule has 1 aromatic heterocycles. The van der Waals surface area contributed by atoms with E-state index >= 15 is 0 Å². The van der Waals surface area contributed by atoms with Crippen molar-refractivity contribution in [3.63, 3.8) is 0 Å². The van der Waals surface area contributed by atoms with E-state index in [1.165, 1.54) is 0 Å². The summed E-state index contributed by atoms with van der Waals surface area (Å²) in [6.45, 7) is 0.867. The zero-order valence-electron chi connectivity index (χ0n) is 7.64. The minimum atomic E-state index is -4.38. The molecule has 0 amide bonds. The highest BCUT2D eigenvalue weighted by Gasteiger charge is 2.36. The molecule has 1 aliphatic rings. The summed E-state index contributed by atoms with van der Waals surface area (Å²) >= 11 is 0. The first-order chi connectivity index (χ1) is 6.59. The molecule has 1 aliphatic heterocycles. The monoisotopic (exact) mass is 239 g/mol. The molecular weight excluding hydrogens is 231 g/mol. The van der Waals surface area contributed by atoms with Gasteiger partial charge < -0.3 is 5.32 Å². The molecule has 0 aromatic carbocycles. The van der Waals surface area contributed by atoms with E-state index in [9.17, 15) is 13.2 Å². The Morgan fingerprint density at radius 3 is 2.67 bits per heavy atom. The van der Waals surface area contributed by atoms with Gasteiger partial charge in [-0.2, -0.15) is 13.2 Å². The number of aromatic nitrogens is 2. The molecule has 3 nitrogen and oxygen atoms in total. The van der Waals surface area contributed by atoms with Crippen LogP contribution in [0.25, 0.3) is 0 Å². The average Bonchev–Trinajstić information content (AvgIpc) is 2.15. The van der Waals surface area contributed by atoms with Crippen LogP contribution in [-0.4, -0.2) is 16.5 Å². The highest BCUT2D eigenvalue weighted by Crippen LogP contribution is 2.31. The van der Waals surface area contributed by atoms with Crippen molar-refractivity contribution in [1.82, 2.24) is 15.3 Å². The van der Waals surface area contributed by atoms with Gasteiger partial charge in [0.2, 0.25) is 0 Å². The molecule has 0 bridgehead atoms. The Morgan fingerprint density at radius 2 is 2.00 bits per heavy atom. The van der Waals surface area contributed by atoms with Crippen molar-refractivity contribution >= 4 is 12.4 Å². The quantitative estimate of drug-likeness (QED) is 0.747. The van der Waals surface area contributed by atoms with Gasteiger partial charge in [-0.3, -0.25) is 0 Å². The van der Waals surface area contributed by atoms with E-state index < -0.39 is 11.9 Å². The van der Waals surface area contributed by atoms with Crippen molar-refractivity contribution in [2.75, 3.05) is 6.54 Å². The molecule has 7 heteroatoms. The first-order valence-corrected chi connectivity index (χ1v) is 4.19. The van der Waals surface area contributed by atoms with Crippen LogP contribution < -0.4 is 5.32 Å². The predicted molar refractivity (Wildman–Crippen MR) is 49.7 cm³/mol. The highest BCUT2D eigenvalue weighted by molar-refractivity contribution is 5.85. The topological polar surface area (TPSA) is 37.8 Å². The van der Waals surface area contributed by atoms with Crippen molar-refractivity contribution in [2.45, 2.75) is 19.1 Å². The molecule has 1 N–H and O–H groups in total. The van der Waals surface area contributed by atoms with Gasteiger partial charge in [-0.15, -0.1) is 12.4 Å². The second-order valence-corrected chi connectivity index (χ2v) is 3.07. The minimum Gasteiger partial charge on any atom is -0.312 e. The van der Waals surface area contributed by atoms with Crippen molar-refractivity contribution in [1.29, 1.82) is 0 Å². The Kier molecular flexibility index (Phi) is 3.51. The first-order valence-electron chi connectivity index (χ1n) is 4.19. The maximum Gasteiger partial charge on any atom is 0.433 e. The SMILES string of the molecule is Cl.FC(F)(F)c1ncnc2c1CNCC2. The molecule has 0 fully saturated rings. The van der Waals surface area contributed by atoms with E-state index in [4.69, 9.17) is 0 Å². The lowest BCUT2D eigenvalue weighted by atomic mass is 10.1. The Hall–Kier alpha value is -0.880. The van der Waals surface area contributed by atoms with E-state index in [-0.39, 0.29) is 24.5 Å². The molecule has 2 rings (SSSR count). The summed E-state index contributed by atoms with van der Waals surface area (Å²) in [5.41, 5.74) is -0.118. The van der Waals surface area contributed by atoms with Gasteiger partial charge in [-0.25, -0.2) is 9.97 Å². The molecule has 0 radical (unpaired) electrons. The van der Waals surface area contributed by atoms with Crippen molar-refractivity contribution in [3.05, 3.63) is 23.3 Å². The first kappa shape index (κ1) is 12.2. The number of halogens is 4. The second-order valence-electron chi connectivity index (χ2n) is 3.07. The van der Waals surface area contributed by atoms with Gasteiger partial charge >= 0.3 is 6.18 Å². The Balaban J connectivity index is 0.00000112. The number of fused-ring (bicyclic) bond motifs is 1. The van der Waals surface area contributed by atoms with Gasteiger partial charge in [0.05, 0.1) is 5.69 Å². The molecule has 84 valence electrons. The lowest BCUT2D eigenvalue weighted by Crippen LogP contribution is -2.28. The molecule has 1 aromatic rings. The van der Waals surface area contributed by atoms with E-state index in [1.807, 2.05) is 0 Å². The third-order valence-corrected chi connectivity index (χ3v) is 2.14. The summed E-state index contributed by atoms with van der Waals surface area (Å²) < 4.78 is 37.4. The van der Waals surface area contributed by atoms with Crippen LogP contribution in [0.5, 0.6) is 0 Å². The van der Waals surface area contributed by atoms with Crippen LogP contribution in [0.3, 0.4) is 0 Å². The van der Waals surface area contributed by atoms with Crippen molar-refractivity contribution < 1.29 is 13.2 Å². The normalized spacial score (nSPS) is 15.4. The number of rotatable bonds is 0. The van der Waals surface area contributed by atoms with Crippen LogP contribution in [0.4, 0.5) is 13.2 Å². The van der Waals surface area contributed by atoms with Gasteiger partial charge in [0.1, 0.15) is 6.33 Å². The molecule has 0 unspecified atom stereocenters. The maximum atomic E-state index is 12.5. The summed E-state index contributed by atoms with van der Waals surface area (Å²) in [6.07, 6.45) is -2.88. The maximum absolute atomic E-state index is 12.5. The number of nitrogens with zero attached hydrogens (tertiary/aromatic N) is 2. The Bertz CT molecular complexity index is 353. The summed E-state index contributed by atoms with van der Waals surface area (Å²) in [6, 6.07) is 0. The molecule has 0 saturated heterocycles. The van der Waals surface area contributed by atoms with Gasteiger partial charge in [0, 0.05) is 25.1 Å². The smallest absolute Gasteiger partial charge is 0.312 e. The fourth-order valence-corrected chi connectivity index (χ4v) is 1.51. The molecule has 0 spiro atoms. The minimum absolute atomic E-state index is 0. The van der Waals surface area contributed by atoms with Gasteiger partial charge in [0.15, 0.2) is 5.69 Å². The molecule has 0 saturated carbocycles. The number of alkyl halides is 3. The van der Waals surface area contributed by atoms with Crippen LogP contribution in [0, 0.1) is 0 Å². The van der Waals surface area contributed by atoms with Crippen LogP contribution in [-0.2, 0) is 19.1 Å². The predicted octanol–water partition coefficient (Wildman–Crippen LogP) is 1.56. The molecule has 0 aliphatic carbocycles. The lowest BCUT2D eigenvalue weighted by molar-refractivity contribution is -0.142. The van der Waals surface area contributed by atoms with E-state index in [1.54, 1.807) is 0 Å². The van der Waals surface area contributed by atoms with Crippen molar-refractivity contribution in [3.8, 4) is 0 Å². The third-order valence-electron chi connectivity index (χ3n) is 2.14. The van der Waals surface area contributed by atoms with E-state index in [2.05, 4.69) is 15.3 Å². The molecule has 0 atom stereocenters. The number of hydrogen-bond donors (Lipinski definition) is 1. The van der Waals surface area contributed by atoms with Crippen LogP contribution in [0.15, 0.2) is 6.33 Å². The van der Waals surface area contributed by atoms with Gasteiger partial charge in [-0.1, -0.05) is 0 Å². The number of hydrogen-bond acceptors (Lipinski definition) is 3. The molecule has 15 heavy (non-hydrogen) atoms. The van der Waals surface area contributed by atoms with Gasteiger partial charge in [0.25, 0.3) is 0 Å². The fraction of sp³-hybridized carbons (Fsp3) is 0.500. The summed E-state index contributed by atoms with van der Waals surface area (Å²) in [5, 5.41) is 2.87. The van der Waals surface area contributed by atoms with E-state index in [0.29, 0.717) is 18.7 Å². The summed E-state index contributed by atoms with van der Waals surface area (Å²) in [4.78, 5) is 7.13. The van der Waals surface area contributed by atoms with Crippen LogP contribution in [0.2, 0.25) is 0 Å². The third kappa shape index (κ3) is 2.38. The van der Waals surface area contributed by atoms with Gasteiger partial charge in [-0.05, 0) is 0 Å². The Labute approximate surface area is 90.5 Å². The summed E-state index contributed by atoms with van der Waals surface area (Å²) in [5.74, 6) is 0. The zero-order valence-corrected chi connectivity index (χ0v) is 8.45. The standard InChI is InChI=1S/C8H8F3N3.ClH/c9-8(10,11)7-5-3-12-2-1-6(5)13-4-14-7;/h4,12H,1-3H2;1H. The summed E-state index contributed by atoms with van der Waals surface area (Å²) in [7, 11) is 0. The Morgan fingerprint density at radius 1 is 1.27 bits per heavy atom. The molecule has 2 heterocycles. The van der Waals surface area contributed by atoms with Crippen LogP contribution in [0.1, 0.15) is 17.0 Å². The van der Waals surface area contributed by atoms with E-state index in [0.717, 1.165) is 6.33 Å². The fourth-order valence-electron chi connectivity index (χ4n) is 1.51. The lowest BCUT2D eigenvalue weighted by Gasteiger charge is -2.19. The zero-order chi connectivity index (χ0) is 10.2. The van der Waals surface area contributed by atoms with Crippen LogP contribution >= 0.6 is 12.4 Å². The largest absolute Gasteiger partial charge is 0.433 e. The van der Waals surface area contributed by atoms with Crippen molar-refractivity contribution in [2.24, 2.45) is 0 Å². The number of nitrogens with one attached hydrogen (secondary N) is 1. The average molecular weight is 240 g/mol. The molecular formula is C8H9ClF3N3. The second kappa shape index (κ2) is 4.32.